The molecule has 0 aliphatic heterocycles. The molecule has 0 saturated heterocycles. The van der Waals surface area contributed by atoms with Crippen molar-refractivity contribution in [3.05, 3.63) is 0 Å². The van der Waals surface area contributed by atoms with Gasteiger partial charge in [0.15, 0.2) is 0 Å². The average Bonchev–Trinajstić information content (AvgIpc) is 2.33. The minimum absolute atomic E-state index is 0. The maximum atomic E-state index is 9.28. The molecule has 4 N–H and O–H groups in total. The van der Waals surface area contributed by atoms with E-state index in [2.05, 4.69) is 12.7 Å². The molecule has 0 aromatic heterocycles. The van der Waals surface area contributed by atoms with Gasteiger partial charge in [0.1, 0.15) is 0 Å². The fourth-order valence-corrected chi connectivity index (χ4v) is 1.66. The molecule has 11 heteroatoms. The maximum absolute atomic E-state index is 9.28. The number of unbranched alkanes of at least 4 members (excludes halogenated alkanes) is 9. The van der Waals surface area contributed by atoms with E-state index in [0.717, 1.165) is 12.3 Å². The van der Waals surface area contributed by atoms with Crippen molar-refractivity contribution in [1.82, 2.24) is 0 Å². The molecular weight excluding hydrogens is 474 g/mol. The van der Waals surface area contributed by atoms with E-state index in [1.54, 1.807) is 0 Å². The number of rotatable bonds is 10. The number of quaternary nitrogens is 1. The summed E-state index contributed by atoms with van der Waals surface area (Å²) in [6.45, 7) is 3.40. The van der Waals surface area contributed by atoms with Gasteiger partial charge in [0, 0.05) is 0 Å². The zero-order chi connectivity index (χ0) is 18.8. The maximum Gasteiger partial charge on any atom is 1.00 e. The molecule has 0 rings (SSSR count). The largest absolute Gasteiger partial charge is 1.00 e. The first-order valence-electron chi connectivity index (χ1n) is 8.21. The molecule has 0 heterocycles. The van der Waals surface area contributed by atoms with Gasteiger partial charge in [-0.2, -0.15) is 0 Å². The summed E-state index contributed by atoms with van der Waals surface area (Å²) in [5.41, 5.74) is 5.35. The Hall–Kier alpha value is 2.52. The van der Waals surface area contributed by atoms with Crippen molar-refractivity contribution in [2.75, 3.05) is 6.54 Å². The van der Waals surface area contributed by atoms with Crippen LogP contribution in [0.4, 0.5) is 0 Å². The van der Waals surface area contributed by atoms with Crippen LogP contribution in [0.2, 0.25) is 11.4 Å². The van der Waals surface area contributed by atoms with Crippen molar-refractivity contribution < 1.29 is 88.7 Å². The Bertz CT molecular complexity index is 280. The van der Waals surface area contributed by atoms with E-state index in [0.29, 0.717) is 5.71 Å². The van der Waals surface area contributed by atoms with Crippen molar-refractivity contribution in [3.63, 3.8) is 0 Å². The Morgan fingerprint density at radius 1 is 0.760 bits per heavy atom. The molecular formula is C14H35As2NNa2O6. The van der Waals surface area contributed by atoms with E-state index in [9.17, 15) is 7.84 Å². The van der Waals surface area contributed by atoms with Crippen LogP contribution in [0.25, 0.3) is 0 Å². The van der Waals surface area contributed by atoms with Crippen LogP contribution in [-0.4, -0.2) is 39.0 Å². The Morgan fingerprint density at radius 3 is 1.16 bits per heavy atom. The predicted octanol–water partition coefficient (Wildman–Crippen LogP) is -6.80. The average molecular weight is 509 g/mol. The van der Waals surface area contributed by atoms with Gasteiger partial charge >= 0.3 is 123 Å². The molecule has 0 spiro atoms. The summed E-state index contributed by atoms with van der Waals surface area (Å²) in [4.78, 5) is 0. The second-order valence-electron chi connectivity index (χ2n) is 5.61. The van der Waals surface area contributed by atoms with Gasteiger partial charge in [0.2, 0.25) is 0 Å². The quantitative estimate of drug-likeness (QED) is 0.221. The zero-order valence-electron chi connectivity index (χ0n) is 16.9. The van der Waals surface area contributed by atoms with Crippen molar-refractivity contribution in [2.24, 2.45) is 0 Å². The van der Waals surface area contributed by atoms with Crippen LogP contribution in [0.15, 0.2) is 0 Å². The molecule has 0 saturated carbocycles. The predicted molar refractivity (Wildman–Crippen MR) is 86.4 cm³/mol. The number of hydrogen-bond acceptors (Lipinski definition) is 5. The second kappa shape index (κ2) is 26.5. The zero-order valence-corrected chi connectivity index (χ0v) is 24.6. The van der Waals surface area contributed by atoms with Gasteiger partial charge < -0.3 is 5.73 Å². The first kappa shape index (κ1) is 38.2. The van der Waals surface area contributed by atoms with Gasteiger partial charge in [-0.15, -0.1) is 0 Å². The first-order valence-corrected chi connectivity index (χ1v) is 16.6. The Labute approximate surface area is 203 Å². The van der Waals surface area contributed by atoms with Crippen LogP contribution in [0.3, 0.4) is 0 Å². The molecule has 0 aromatic rings. The molecule has 1 atom stereocenters. The summed E-state index contributed by atoms with van der Waals surface area (Å²) in [5.74, 6) is 0. The van der Waals surface area contributed by atoms with Crippen LogP contribution in [0.5, 0.6) is 0 Å². The normalized spacial score (nSPS) is 12.2. The minimum Gasteiger partial charge on any atom is 1.00 e. The van der Waals surface area contributed by atoms with E-state index in [1.807, 2.05) is 0 Å². The molecule has 7 nitrogen and oxygen atoms in total. The first-order chi connectivity index (χ1) is 10.4. The molecule has 25 heavy (non-hydrogen) atoms. The Balaban J connectivity index is -0.0000000933. The van der Waals surface area contributed by atoms with Crippen molar-refractivity contribution in [2.45, 2.75) is 82.6 Å². The summed E-state index contributed by atoms with van der Waals surface area (Å²) in [6, 6.07) is 0. The van der Waals surface area contributed by atoms with Crippen LogP contribution in [-0.2, 0) is 7.48 Å². The Kier molecular flexibility index (Phi) is 40.5. The topological polar surface area (TPSA) is 151 Å². The summed E-state index contributed by atoms with van der Waals surface area (Å²) >= 11 is -9.00. The smallest absolute Gasteiger partial charge is 1.00 e. The van der Waals surface area contributed by atoms with E-state index in [4.69, 9.17) is 16.0 Å². The molecule has 0 bridgehead atoms. The molecule has 1 unspecified atom stereocenters. The molecule has 0 amide bonds. The summed E-state index contributed by atoms with van der Waals surface area (Å²) < 4.78 is 53.6. The summed E-state index contributed by atoms with van der Waals surface area (Å²) in [7, 11) is 0. The van der Waals surface area contributed by atoms with E-state index >= 15 is 0 Å². The second-order valence-corrected chi connectivity index (χ2v) is 12.2. The minimum atomic E-state index is -4.62. The SMILES string of the molecule is CCCCCCCCCCCC[NH3+].C[As](=O)([O-])O.C[As](=O)([O-])[O-].[Na+].[Na+]. The molecule has 0 aromatic carbocycles. The summed E-state index contributed by atoms with van der Waals surface area (Å²) in [5, 5.41) is 0. The fourth-order valence-electron chi connectivity index (χ4n) is 1.66. The van der Waals surface area contributed by atoms with Gasteiger partial charge in [-0.1, -0.05) is 58.3 Å². The standard InChI is InChI=1S/C12H27N.2CH5AsO3.2Na/c1-2-3-4-5-6-7-8-9-10-11-12-13;2*1-2(3,4)5;;/h2-13H2,1H3;2*1H3,(H2,3,4,5);;/q;;;2*+1/p-2. The molecule has 0 fully saturated rings. The van der Waals surface area contributed by atoms with Crippen LogP contribution in [0.1, 0.15) is 71.1 Å². The Morgan fingerprint density at radius 2 is 0.960 bits per heavy atom. The molecule has 144 valence electrons. The van der Waals surface area contributed by atoms with Crippen LogP contribution < -0.4 is 77.1 Å². The van der Waals surface area contributed by atoms with E-state index < -0.39 is 28.3 Å². The fraction of sp³-hybridized carbons (Fsp3) is 1.00. The molecule has 0 radical (unpaired) electrons. The van der Waals surface area contributed by atoms with Gasteiger partial charge in [-0.25, -0.2) is 0 Å². The van der Waals surface area contributed by atoms with E-state index in [1.165, 1.54) is 64.2 Å². The third-order valence-corrected chi connectivity index (χ3v) is 2.60. The van der Waals surface area contributed by atoms with Gasteiger partial charge in [0.25, 0.3) is 0 Å². The third-order valence-electron chi connectivity index (χ3n) is 2.60. The number of hydrogen-bond donors (Lipinski definition) is 2. The molecule has 0 aliphatic carbocycles. The van der Waals surface area contributed by atoms with Crippen molar-refractivity contribution in [3.8, 4) is 0 Å². The van der Waals surface area contributed by atoms with Gasteiger partial charge in [0.05, 0.1) is 6.54 Å². The van der Waals surface area contributed by atoms with Crippen LogP contribution >= 0.6 is 0 Å². The van der Waals surface area contributed by atoms with E-state index in [-0.39, 0.29) is 59.1 Å². The summed E-state index contributed by atoms with van der Waals surface area (Å²) in [6.07, 6.45) is 14.2. The van der Waals surface area contributed by atoms with Gasteiger partial charge in [-0.05, 0) is 12.8 Å². The van der Waals surface area contributed by atoms with Crippen molar-refractivity contribution in [1.29, 1.82) is 0 Å². The third kappa shape index (κ3) is 102. The van der Waals surface area contributed by atoms with Crippen molar-refractivity contribution >= 4 is 28.3 Å². The molecule has 0 aliphatic rings. The van der Waals surface area contributed by atoms with Gasteiger partial charge in [-0.3, -0.25) is 0 Å². The van der Waals surface area contributed by atoms with Crippen LogP contribution in [0, 0.1) is 0 Å². The monoisotopic (exact) mass is 509 g/mol.